The van der Waals surface area contributed by atoms with E-state index in [4.69, 9.17) is 20.9 Å². The predicted molar refractivity (Wildman–Crippen MR) is 137 cm³/mol. The van der Waals surface area contributed by atoms with Crippen LogP contribution in [0.4, 0.5) is 11.4 Å². The quantitative estimate of drug-likeness (QED) is 0.271. The first kappa shape index (κ1) is 21.1. The number of rotatable bonds is 6. The molecule has 0 fully saturated rings. The second kappa shape index (κ2) is 9.38. The molecule has 0 unspecified atom stereocenters. The number of pyridine rings is 1. The number of benzene rings is 4. The van der Waals surface area contributed by atoms with Crippen molar-refractivity contribution in [1.82, 2.24) is 4.98 Å². The van der Waals surface area contributed by atoms with Crippen LogP contribution < -0.4 is 20.9 Å². The van der Waals surface area contributed by atoms with Crippen molar-refractivity contribution < 1.29 is 9.47 Å². The standard InChI is InChI=1S/C29H23N3O2/c30-22-7-15-26(16-8-22)33-24-11-3-20(4-12-24)28-2-1-19-32-29(28)21-5-13-25(14-6-21)34-27-17-9-23(31)10-18-27/h1-19H,30-31H2. The smallest absolute Gasteiger partial charge is 0.127 e. The van der Waals surface area contributed by atoms with Crippen LogP contribution in [0.2, 0.25) is 0 Å². The predicted octanol–water partition coefficient (Wildman–Crippen LogP) is 7.16. The van der Waals surface area contributed by atoms with Gasteiger partial charge in [0, 0.05) is 28.7 Å². The Bertz CT molecular complexity index is 1270. The number of hydrogen-bond donors (Lipinski definition) is 2. The maximum Gasteiger partial charge on any atom is 0.127 e. The lowest BCUT2D eigenvalue weighted by Gasteiger charge is -2.11. The molecule has 0 amide bonds. The molecule has 5 aromatic rings. The van der Waals surface area contributed by atoms with E-state index in [-0.39, 0.29) is 0 Å². The van der Waals surface area contributed by atoms with Crippen LogP contribution in [0.15, 0.2) is 115 Å². The molecule has 4 N–H and O–H groups in total. The van der Waals surface area contributed by atoms with Crippen molar-refractivity contribution in [2.24, 2.45) is 0 Å². The average molecular weight is 446 g/mol. The number of nitrogens with two attached hydrogens (primary N) is 2. The summed E-state index contributed by atoms with van der Waals surface area (Å²) in [6.07, 6.45) is 1.80. The molecule has 0 aliphatic rings. The topological polar surface area (TPSA) is 83.4 Å². The summed E-state index contributed by atoms with van der Waals surface area (Å²) in [7, 11) is 0. The van der Waals surface area contributed by atoms with Gasteiger partial charge in [0.2, 0.25) is 0 Å². The lowest BCUT2D eigenvalue weighted by molar-refractivity contribution is 0.482. The van der Waals surface area contributed by atoms with Crippen LogP contribution in [0.3, 0.4) is 0 Å². The van der Waals surface area contributed by atoms with E-state index >= 15 is 0 Å². The fraction of sp³-hybridized carbons (Fsp3) is 0. The summed E-state index contributed by atoms with van der Waals surface area (Å²) in [6.45, 7) is 0. The lowest BCUT2D eigenvalue weighted by Crippen LogP contribution is -1.91. The monoisotopic (exact) mass is 445 g/mol. The Balaban J connectivity index is 1.36. The molecule has 1 aromatic heterocycles. The average Bonchev–Trinajstić information content (AvgIpc) is 2.88. The molecule has 5 rings (SSSR count). The number of anilines is 2. The van der Waals surface area contributed by atoms with Gasteiger partial charge in [0.25, 0.3) is 0 Å². The van der Waals surface area contributed by atoms with Crippen molar-refractivity contribution in [3.8, 4) is 45.4 Å². The molecule has 0 bridgehead atoms. The Hall–Kier alpha value is -4.77. The molecular weight excluding hydrogens is 422 g/mol. The van der Waals surface area contributed by atoms with E-state index in [9.17, 15) is 0 Å². The molecule has 0 atom stereocenters. The summed E-state index contributed by atoms with van der Waals surface area (Å²) in [5.74, 6) is 2.98. The van der Waals surface area contributed by atoms with Crippen molar-refractivity contribution in [3.63, 3.8) is 0 Å². The van der Waals surface area contributed by atoms with E-state index in [0.717, 1.165) is 45.4 Å². The molecule has 5 heteroatoms. The summed E-state index contributed by atoms with van der Waals surface area (Å²) in [4.78, 5) is 4.65. The zero-order valence-corrected chi connectivity index (χ0v) is 18.4. The Kier molecular flexibility index (Phi) is 5.82. The van der Waals surface area contributed by atoms with Gasteiger partial charge >= 0.3 is 0 Å². The SMILES string of the molecule is Nc1ccc(Oc2ccc(-c3cccnc3-c3ccc(Oc4ccc(N)cc4)cc3)cc2)cc1. The zero-order valence-electron chi connectivity index (χ0n) is 18.4. The van der Waals surface area contributed by atoms with Gasteiger partial charge in [0.05, 0.1) is 5.69 Å². The van der Waals surface area contributed by atoms with Gasteiger partial charge in [-0.05, 0) is 96.6 Å². The molecule has 0 saturated heterocycles. The molecule has 34 heavy (non-hydrogen) atoms. The van der Waals surface area contributed by atoms with Crippen molar-refractivity contribution in [3.05, 3.63) is 115 Å². The van der Waals surface area contributed by atoms with Crippen LogP contribution in [-0.2, 0) is 0 Å². The minimum atomic E-state index is 0.704. The lowest BCUT2D eigenvalue weighted by atomic mass is 9.99. The molecule has 0 aliphatic carbocycles. The van der Waals surface area contributed by atoms with E-state index < -0.39 is 0 Å². The van der Waals surface area contributed by atoms with Gasteiger partial charge in [0.1, 0.15) is 23.0 Å². The highest BCUT2D eigenvalue weighted by Gasteiger charge is 2.10. The van der Waals surface area contributed by atoms with Crippen molar-refractivity contribution >= 4 is 11.4 Å². The summed E-state index contributed by atoms with van der Waals surface area (Å²) >= 11 is 0. The van der Waals surface area contributed by atoms with Gasteiger partial charge in [-0.15, -0.1) is 0 Å². The van der Waals surface area contributed by atoms with Crippen LogP contribution in [0, 0.1) is 0 Å². The molecule has 0 radical (unpaired) electrons. The first-order chi connectivity index (χ1) is 16.6. The Morgan fingerprint density at radius 2 is 0.882 bits per heavy atom. The highest BCUT2D eigenvalue weighted by atomic mass is 16.5. The third-order valence-corrected chi connectivity index (χ3v) is 5.33. The summed E-state index contributed by atoms with van der Waals surface area (Å²) in [6, 6.07) is 34.5. The number of nitrogen functional groups attached to an aromatic ring is 2. The van der Waals surface area contributed by atoms with E-state index in [0.29, 0.717) is 11.4 Å². The molecular formula is C29H23N3O2. The first-order valence-electron chi connectivity index (χ1n) is 10.9. The normalized spacial score (nSPS) is 10.6. The zero-order chi connectivity index (χ0) is 23.3. The first-order valence-corrected chi connectivity index (χ1v) is 10.9. The second-order valence-corrected chi connectivity index (χ2v) is 7.79. The molecule has 0 spiro atoms. The maximum absolute atomic E-state index is 5.92. The Morgan fingerprint density at radius 3 is 1.35 bits per heavy atom. The van der Waals surface area contributed by atoms with Crippen LogP contribution in [0.5, 0.6) is 23.0 Å². The van der Waals surface area contributed by atoms with Gasteiger partial charge in [-0.1, -0.05) is 18.2 Å². The van der Waals surface area contributed by atoms with Gasteiger partial charge < -0.3 is 20.9 Å². The highest BCUT2D eigenvalue weighted by molar-refractivity contribution is 5.81. The summed E-state index contributed by atoms with van der Waals surface area (Å²) in [5.41, 5.74) is 16.9. The number of nitrogens with zero attached hydrogens (tertiary/aromatic N) is 1. The van der Waals surface area contributed by atoms with Gasteiger partial charge in [-0.25, -0.2) is 0 Å². The minimum absolute atomic E-state index is 0.704. The summed E-state index contributed by atoms with van der Waals surface area (Å²) in [5, 5.41) is 0. The van der Waals surface area contributed by atoms with Gasteiger partial charge in [-0.2, -0.15) is 0 Å². The van der Waals surface area contributed by atoms with E-state index in [2.05, 4.69) is 11.1 Å². The molecule has 1 heterocycles. The fourth-order valence-corrected chi connectivity index (χ4v) is 3.60. The van der Waals surface area contributed by atoms with Crippen LogP contribution in [0.25, 0.3) is 22.4 Å². The largest absolute Gasteiger partial charge is 0.457 e. The molecule has 4 aromatic carbocycles. The third-order valence-electron chi connectivity index (χ3n) is 5.33. The Morgan fingerprint density at radius 1 is 0.471 bits per heavy atom. The molecule has 0 saturated carbocycles. The third kappa shape index (κ3) is 4.84. The van der Waals surface area contributed by atoms with Gasteiger partial charge in [-0.3, -0.25) is 4.98 Å². The number of ether oxygens (including phenoxy) is 2. The summed E-state index contributed by atoms with van der Waals surface area (Å²) < 4.78 is 11.8. The van der Waals surface area contributed by atoms with E-state index in [1.165, 1.54) is 0 Å². The molecule has 0 aliphatic heterocycles. The Labute approximate surface area is 198 Å². The number of hydrogen-bond acceptors (Lipinski definition) is 5. The minimum Gasteiger partial charge on any atom is -0.457 e. The van der Waals surface area contributed by atoms with Crippen LogP contribution in [-0.4, -0.2) is 4.98 Å². The van der Waals surface area contributed by atoms with E-state index in [1.54, 1.807) is 6.20 Å². The number of aromatic nitrogens is 1. The van der Waals surface area contributed by atoms with Crippen LogP contribution >= 0.6 is 0 Å². The maximum atomic E-state index is 5.92. The van der Waals surface area contributed by atoms with Crippen molar-refractivity contribution in [2.45, 2.75) is 0 Å². The van der Waals surface area contributed by atoms with Gasteiger partial charge in [0.15, 0.2) is 0 Å². The second-order valence-electron chi connectivity index (χ2n) is 7.79. The fourth-order valence-electron chi connectivity index (χ4n) is 3.60. The van der Waals surface area contributed by atoms with E-state index in [1.807, 2.05) is 103 Å². The van der Waals surface area contributed by atoms with Crippen molar-refractivity contribution in [2.75, 3.05) is 11.5 Å². The molecule has 166 valence electrons. The highest BCUT2D eigenvalue weighted by Crippen LogP contribution is 2.33. The molecule has 5 nitrogen and oxygen atoms in total. The van der Waals surface area contributed by atoms with Crippen LogP contribution in [0.1, 0.15) is 0 Å². The van der Waals surface area contributed by atoms with Crippen molar-refractivity contribution in [1.29, 1.82) is 0 Å².